The lowest BCUT2D eigenvalue weighted by Crippen LogP contribution is -2.29. The minimum Gasteiger partial charge on any atom is -0.481 e. The Balaban J connectivity index is 1.87. The van der Waals surface area contributed by atoms with Gasteiger partial charge in [0.05, 0.1) is 12.5 Å². The topological polar surface area (TPSA) is 92.7 Å². The third-order valence-corrected chi connectivity index (χ3v) is 6.54. The van der Waals surface area contributed by atoms with Gasteiger partial charge in [0, 0.05) is 0 Å². The molecule has 0 unspecified atom stereocenters. The Morgan fingerprint density at radius 2 is 1.78 bits per heavy atom. The molecule has 8 heteroatoms. The average molecular weight is 403 g/mol. The molecule has 3 rings (SSSR count). The van der Waals surface area contributed by atoms with Crippen LogP contribution in [0.4, 0.5) is 0 Å². The van der Waals surface area contributed by atoms with Gasteiger partial charge in [0.25, 0.3) is 10.0 Å². The van der Waals surface area contributed by atoms with Crippen molar-refractivity contribution >= 4 is 27.3 Å². The molecule has 0 spiro atoms. The third kappa shape index (κ3) is 5.16. The minimum absolute atomic E-state index is 0.134. The summed E-state index contributed by atoms with van der Waals surface area (Å²) in [4.78, 5) is 11.3. The quantitative estimate of drug-likeness (QED) is 0.592. The van der Waals surface area contributed by atoms with E-state index in [9.17, 15) is 18.3 Å². The van der Waals surface area contributed by atoms with Crippen molar-refractivity contribution in [2.24, 2.45) is 0 Å². The summed E-state index contributed by atoms with van der Waals surface area (Å²) in [5.41, 5.74) is 0.506. The van der Waals surface area contributed by atoms with Crippen molar-refractivity contribution in [3.05, 3.63) is 77.7 Å². The molecular weight excluding hydrogens is 386 g/mol. The highest BCUT2D eigenvalue weighted by Gasteiger charge is 2.24. The van der Waals surface area contributed by atoms with E-state index in [4.69, 9.17) is 4.74 Å². The molecule has 3 aromatic rings. The van der Waals surface area contributed by atoms with Crippen LogP contribution in [0.5, 0.6) is 11.5 Å². The summed E-state index contributed by atoms with van der Waals surface area (Å²) in [6.07, 6.45) is -0.389. The van der Waals surface area contributed by atoms with E-state index in [-0.39, 0.29) is 10.6 Å². The molecule has 1 heterocycles. The number of aliphatic carboxylic acids is 1. The van der Waals surface area contributed by atoms with Gasteiger partial charge >= 0.3 is 5.97 Å². The van der Waals surface area contributed by atoms with Crippen molar-refractivity contribution in [2.75, 3.05) is 0 Å². The van der Waals surface area contributed by atoms with Gasteiger partial charge in [0.1, 0.15) is 15.7 Å². The first-order valence-electron chi connectivity index (χ1n) is 8.04. The first-order valence-corrected chi connectivity index (χ1v) is 10.4. The highest BCUT2D eigenvalue weighted by atomic mass is 32.2. The molecule has 27 heavy (non-hydrogen) atoms. The van der Waals surface area contributed by atoms with E-state index in [0.29, 0.717) is 17.1 Å². The number of carboxylic acid groups (broad SMARTS) is 1. The van der Waals surface area contributed by atoms with Crippen LogP contribution in [-0.2, 0) is 14.8 Å². The minimum atomic E-state index is -3.82. The fourth-order valence-electron chi connectivity index (χ4n) is 2.48. The molecular formula is C19H17NO5S2. The van der Waals surface area contributed by atoms with Crippen LogP contribution in [0.1, 0.15) is 18.0 Å². The highest BCUT2D eigenvalue weighted by molar-refractivity contribution is 7.91. The maximum absolute atomic E-state index is 12.5. The number of thiophene rings is 1. The van der Waals surface area contributed by atoms with Crippen LogP contribution in [0.25, 0.3) is 0 Å². The maximum atomic E-state index is 12.5. The second-order valence-electron chi connectivity index (χ2n) is 5.69. The molecule has 0 amide bonds. The van der Waals surface area contributed by atoms with Gasteiger partial charge in [-0.15, -0.1) is 11.3 Å². The fraction of sp³-hybridized carbons (Fsp3) is 0.105. The summed E-state index contributed by atoms with van der Waals surface area (Å²) in [5, 5.41) is 10.9. The van der Waals surface area contributed by atoms with Crippen molar-refractivity contribution in [1.29, 1.82) is 0 Å². The standard InChI is InChI=1S/C19H17NO5S2/c21-18(22)13-17(20-27(23,24)19-10-5-11-26-19)14-6-4-9-16(12-14)25-15-7-2-1-3-8-15/h1-12,17,20H,13H2,(H,21,22)/t17-/m1/s1. The van der Waals surface area contributed by atoms with Gasteiger partial charge in [-0.1, -0.05) is 36.4 Å². The van der Waals surface area contributed by atoms with E-state index in [2.05, 4.69) is 4.72 Å². The Labute approximate surface area is 161 Å². The predicted octanol–water partition coefficient (Wildman–Crippen LogP) is 4.03. The number of carboxylic acids is 1. The second kappa shape index (κ2) is 8.34. The van der Waals surface area contributed by atoms with Crippen molar-refractivity contribution in [3.8, 4) is 11.5 Å². The van der Waals surface area contributed by atoms with Gasteiger partial charge in [-0.05, 0) is 41.3 Å². The number of rotatable bonds is 8. The lowest BCUT2D eigenvalue weighted by atomic mass is 10.0. The molecule has 2 N–H and O–H groups in total. The largest absolute Gasteiger partial charge is 0.481 e. The zero-order valence-corrected chi connectivity index (χ0v) is 15.7. The molecule has 1 aromatic heterocycles. The Morgan fingerprint density at radius 1 is 1.04 bits per heavy atom. The Morgan fingerprint density at radius 3 is 2.44 bits per heavy atom. The van der Waals surface area contributed by atoms with Gasteiger partial charge in [0.2, 0.25) is 0 Å². The maximum Gasteiger partial charge on any atom is 0.305 e. The Bertz CT molecular complexity index is 1000. The summed E-state index contributed by atoms with van der Waals surface area (Å²) < 4.78 is 33.4. The number of benzene rings is 2. The zero-order chi connectivity index (χ0) is 19.3. The first kappa shape index (κ1) is 19.1. The Kier molecular flexibility index (Phi) is 5.90. The number of hydrogen-bond donors (Lipinski definition) is 2. The number of hydrogen-bond acceptors (Lipinski definition) is 5. The average Bonchev–Trinajstić information content (AvgIpc) is 3.17. The van der Waals surface area contributed by atoms with E-state index in [1.54, 1.807) is 47.8 Å². The predicted molar refractivity (Wildman–Crippen MR) is 103 cm³/mol. The number of para-hydroxylation sites is 1. The van der Waals surface area contributed by atoms with Crippen molar-refractivity contribution < 1.29 is 23.1 Å². The molecule has 0 bridgehead atoms. The highest BCUT2D eigenvalue weighted by Crippen LogP contribution is 2.27. The van der Waals surface area contributed by atoms with Crippen LogP contribution in [0.2, 0.25) is 0 Å². The van der Waals surface area contributed by atoms with E-state index >= 15 is 0 Å². The molecule has 1 atom stereocenters. The van der Waals surface area contributed by atoms with E-state index in [1.807, 2.05) is 18.2 Å². The summed E-state index contributed by atoms with van der Waals surface area (Å²) >= 11 is 1.07. The first-order chi connectivity index (χ1) is 12.9. The smallest absolute Gasteiger partial charge is 0.305 e. The fourth-order valence-corrected chi connectivity index (χ4v) is 4.72. The van der Waals surface area contributed by atoms with Crippen molar-refractivity contribution in [2.45, 2.75) is 16.7 Å². The zero-order valence-electron chi connectivity index (χ0n) is 14.1. The molecule has 6 nitrogen and oxygen atoms in total. The van der Waals surface area contributed by atoms with Gasteiger partial charge < -0.3 is 9.84 Å². The summed E-state index contributed by atoms with van der Waals surface area (Å²) in [6.45, 7) is 0. The lowest BCUT2D eigenvalue weighted by Gasteiger charge is -2.18. The monoisotopic (exact) mass is 403 g/mol. The summed E-state index contributed by atoms with van der Waals surface area (Å²) in [7, 11) is -3.82. The number of nitrogens with one attached hydrogen (secondary N) is 1. The van der Waals surface area contributed by atoms with Crippen molar-refractivity contribution in [1.82, 2.24) is 4.72 Å². The summed E-state index contributed by atoms with van der Waals surface area (Å²) in [6, 6.07) is 18.0. The molecule has 2 aromatic carbocycles. The number of ether oxygens (including phenoxy) is 1. The number of sulfonamides is 1. The molecule has 0 aliphatic rings. The molecule has 0 saturated heterocycles. The lowest BCUT2D eigenvalue weighted by molar-refractivity contribution is -0.137. The van der Waals surface area contributed by atoms with Crippen molar-refractivity contribution in [3.63, 3.8) is 0 Å². The van der Waals surface area contributed by atoms with Gasteiger partial charge in [-0.3, -0.25) is 4.79 Å². The molecule has 0 saturated carbocycles. The summed E-state index contributed by atoms with van der Waals surface area (Å²) in [5.74, 6) is 0.0104. The molecule has 0 aliphatic carbocycles. The van der Waals surface area contributed by atoms with Gasteiger partial charge in [-0.25, -0.2) is 13.1 Å². The Hall–Kier alpha value is -2.68. The van der Waals surface area contributed by atoms with Crippen LogP contribution in [0.3, 0.4) is 0 Å². The van der Waals surface area contributed by atoms with E-state index in [0.717, 1.165) is 11.3 Å². The van der Waals surface area contributed by atoms with Crippen LogP contribution < -0.4 is 9.46 Å². The molecule has 0 fully saturated rings. The van der Waals surface area contributed by atoms with Crippen LogP contribution in [0, 0.1) is 0 Å². The van der Waals surface area contributed by atoms with Gasteiger partial charge in [-0.2, -0.15) is 0 Å². The van der Waals surface area contributed by atoms with Crippen LogP contribution in [-0.4, -0.2) is 19.5 Å². The van der Waals surface area contributed by atoms with Crippen LogP contribution in [0.15, 0.2) is 76.3 Å². The normalized spacial score (nSPS) is 12.4. The molecule has 140 valence electrons. The van der Waals surface area contributed by atoms with E-state index < -0.39 is 22.0 Å². The van der Waals surface area contributed by atoms with Crippen LogP contribution >= 0.6 is 11.3 Å². The third-order valence-electron chi connectivity index (χ3n) is 3.68. The molecule has 0 radical (unpaired) electrons. The van der Waals surface area contributed by atoms with E-state index in [1.165, 1.54) is 6.07 Å². The molecule has 0 aliphatic heterocycles. The number of carbonyl (C=O) groups is 1. The second-order valence-corrected chi connectivity index (χ2v) is 8.58. The van der Waals surface area contributed by atoms with Gasteiger partial charge in [0.15, 0.2) is 0 Å². The SMILES string of the molecule is O=C(O)C[C@@H](NS(=O)(=O)c1cccs1)c1cccc(Oc2ccccc2)c1.